The number of thioether (sulfide) groups is 1. The van der Waals surface area contributed by atoms with Gasteiger partial charge in [-0.15, -0.1) is 11.8 Å². The molecule has 0 bridgehead atoms. The first-order valence-electron chi connectivity index (χ1n) is 5.31. The first kappa shape index (κ1) is 11.3. The Morgan fingerprint density at radius 3 is 2.75 bits per heavy atom. The first-order valence-corrected chi connectivity index (χ1v) is 6.30. The fraction of sp³-hybridized carbons (Fsp3) is 0.308. The summed E-state index contributed by atoms with van der Waals surface area (Å²) in [5, 5.41) is 0. The molecule has 0 saturated carbocycles. The highest BCUT2D eigenvalue weighted by molar-refractivity contribution is 8.00. The zero-order valence-electron chi connectivity index (χ0n) is 9.23. The summed E-state index contributed by atoms with van der Waals surface area (Å²) in [5.74, 6) is 1.08. The van der Waals surface area contributed by atoms with E-state index in [1.165, 1.54) is 5.56 Å². The fourth-order valence-electron chi connectivity index (χ4n) is 1.47. The Bertz CT molecular complexity index is 406. The molecule has 0 radical (unpaired) electrons. The SMILES string of the molecule is Cc1ccc(SCC(=O)C2=CCCO2)cc1. The van der Waals surface area contributed by atoms with E-state index in [4.69, 9.17) is 4.74 Å². The average molecular weight is 234 g/mol. The molecule has 0 unspecified atom stereocenters. The Hall–Kier alpha value is -1.22. The molecule has 0 spiro atoms. The summed E-state index contributed by atoms with van der Waals surface area (Å²) in [6.07, 6.45) is 2.73. The molecule has 1 aromatic rings. The Labute approximate surface area is 99.7 Å². The van der Waals surface area contributed by atoms with Gasteiger partial charge in [0.05, 0.1) is 12.4 Å². The summed E-state index contributed by atoms with van der Waals surface area (Å²) in [4.78, 5) is 12.8. The molecule has 0 fully saturated rings. The monoisotopic (exact) mass is 234 g/mol. The molecule has 2 rings (SSSR count). The quantitative estimate of drug-likeness (QED) is 0.749. The number of Topliss-reactive ketones (excluding diaryl/α,β-unsaturated/α-hetero) is 1. The van der Waals surface area contributed by atoms with Crippen molar-refractivity contribution >= 4 is 17.5 Å². The van der Waals surface area contributed by atoms with E-state index in [0.717, 1.165) is 11.3 Å². The molecule has 16 heavy (non-hydrogen) atoms. The van der Waals surface area contributed by atoms with E-state index in [0.29, 0.717) is 18.1 Å². The maximum Gasteiger partial charge on any atom is 0.207 e. The number of benzene rings is 1. The summed E-state index contributed by atoms with van der Waals surface area (Å²) in [7, 11) is 0. The Morgan fingerprint density at radius 2 is 2.12 bits per heavy atom. The molecule has 0 atom stereocenters. The van der Waals surface area contributed by atoms with Gasteiger partial charge in [-0.1, -0.05) is 17.7 Å². The van der Waals surface area contributed by atoms with Crippen molar-refractivity contribution < 1.29 is 9.53 Å². The summed E-state index contributed by atoms with van der Waals surface area (Å²) in [6, 6.07) is 8.19. The number of rotatable bonds is 4. The summed E-state index contributed by atoms with van der Waals surface area (Å²) >= 11 is 1.55. The van der Waals surface area contributed by atoms with Crippen LogP contribution in [0.1, 0.15) is 12.0 Å². The topological polar surface area (TPSA) is 26.3 Å². The maximum atomic E-state index is 11.7. The van der Waals surface area contributed by atoms with Crippen molar-refractivity contribution in [1.29, 1.82) is 0 Å². The highest BCUT2D eigenvalue weighted by Gasteiger charge is 2.14. The third kappa shape index (κ3) is 2.89. The minimum Gasteiger partial charge on any atom is -0.490 e. The highest BCUT2D eigenvalue weighted by atomic mass is 32.2. The van der Waals surface area contributed by atoms with Crippen molar-refractivity contribution in [3.63, 3.8) is 0 Å². The van der Waals surface area contributed by atoms with Crippen molar-refractivity contribution in [3.05, 3.63) is 41.7 Å². The first-order chi connectivity index (χ1) is 7.75. The number of aryl methyl sites for hydroxylation is 1. The van der Waals surface area contributed by atoms with E-state index >= 15 is 0 Å². The van der Waals surface area contributed by atoms with E-state index in [1.54, 1.807) is 11.8 Å². The molecule has 0 aliphatic carbocycles. The Morgan fingerprint density at radius 1 is 1.38 bits per heavy atom. The molecule has 0 saturated heterocycles. The van der Waals surface area contributed by atoms with Gasteiger partial charge < -0.3 is 4.74 Å². The van der Waals surface area contributed by atoms with Crippen LogP contribution >= 0.6 is 11.8 Å². The van der Waals surface area contributed by atoms with Crippen molar-refractivity contribution in [3.8, 4) is 0 Å². The number of hydrogen-bond donors (Lipinski definition) is 0. The highest BCUT2D eigenvalue weighted by Crippen LogP contribution is 2.20. The van der Waals surface area contributed by atoms with Gasteiger partial charge in [0.15, 0.2) is 5.76 Å². The largest absolute Gasteiger partial charge is 0.490 e. The lowest BCUT2D eigenvalue weighted by Crippen LogP contribution is -2.05. The van der Waals surface area contributed by atoms with E-state index in [9.17, 15) is 4.79 Å². The van der Waals surface area contributed by atoms with Gasteiger partial charge >= 0.3 is 0 Å². The number of carbonyl (C=O) groups excluding carboxylic acids is 1. The number of ketones is 1. The van der Waals surface area contributed by atoms with Gasteiger partial charge in [-0.2, -0.15) is 0 Å². The fourth-order valence-corrected chi connectivity index (χ4v) is 2.24. The van der Waals surface area contributed by atoms with Gasteiger partial charge in [0.2, 0.25) is 5.78 Å². The smallest absolute Gasteiger partial charge is 0.207 e. The minimum absolute atomic E-state index is 0.0862. The van der Waals surface area contributed by atoms with Crippen LogP contribution in [0, 0.1) is 6.92 Å². The number of ether oxygens (including phenoxy) is 1. The van der Waals surface area contributed by atoms with Crippen molar-refractivity contribution in [2.45, 2.75) is 18.2 Å². The summed E-state index contributed by atoms with van der Waals surface area (Å²) < 4.78 is 5.22. The average Bonchev–Trinajstić information content (AvgIpc) is 2.81. The zero-order chi connectivity index (χ0) is 11.4. The maximum absolute atomic E-state index is 11.7. The van der Waals surface area contributed by atoms with Crippen LogP contribution in [0.2, 0.25) is 0 Å². The van der Waals surface area contributed by atoms with Crippen LogP contribution in [0.3, 0.4) is 0 Å². The molecule has 1 aromatic carbocycles. The van der Waals surface area contributed by atoms with Gasteiger partial charge in [0, 0.05) is 11.3 Å². The van der Waals surface area contributed by atoms with Gasteiger partial charge in [-0.25, -0.2) is 0 Å². The molecular weight excluding hydrogens is 220 g/mol. The van der Waals surface area contributed by atoms with E-state index in [2.05, 4.69) is 19.1 Å². The molecule has 1 heterocycles. The normalized spacial score (nSPS) is 14.4. The van der Waals surface area contributed by atoms with Gasteiger partial charge in [0.1, 0.15) is 0 Å². The molecule has 1 aliphatic rings. The molecule has 0 aromatic heterocycles. The molecule has 84 valence electrons. The second-order valence-electron chi connectivity index (χ2n) is 3.73. The van der Waals surface area contributed by atoms with Crippen LogP contribution < -0.4 is 0 Å². The Balaban J connectivity index is 1.87. The Kier molecular flexibility index (Phi) is 3.67. The molecule has 0 N–H and O–H groups in total. The molecule has 1 aliphatic heterocycles. The van der Waals surface area contributed by atoms with Crippen molar-refractivity contribution in [2.75, 3.05) is 12.4 Å². The second-order valence-corrected chi connectivity index (χ2v) is 4.78. The lowest BCUT2D eigenvalue weighted by molar-refractivity contribution is -0.116. The lowest BCUT2D eigenvalue weighted by Gasteiger charge is -2.03. The number of allylic oxidation sites excluding steroid dienone is 1. The molecule has 0 amide bonds. The lowest BCUT2D eigenvalue weighted by atomic mass is 10.2. The molecule has 3 heteroatoms. The number of hydrogen-bond acceptors (Lipinski definition) is 3. The zero-order valence-corrected chi connectivity index (χ0v) is 10.0. The van der Waals surface area contributed by atoms with E-state index in [1.807, 2.05) is 18.2 Å². The van der Waals surface area contributed by atoms with Gasteiger partial charge in [-0.3, -0.25) is 4.79 Å². The van der Waals surface area contributed by atoms with Gasteiger partial charge in [-0.05, 0) is 25.1 Å². The van der Waals surface area contributed by atoms with Crippen LogP contribution in [0.5, 0.6) is 0 Å². The van der Waals surface area contributed by atoms with Crippen LogP contribution in [-0.2, 0) is 9.53 Å². The predicted molar refractivity (Wildman–Crippen MR) is 65.6 cm³/mol. The third-order valence-corrected chi connectivity index (χ3v) is 3.38. The van der Waals surface area contributed by atoms with E-state index in [-0.39, 0.29) is 5.78 Å². The molecular formula is C13H14O2S. The standard InChI is InChI=1S/C13H14O2S/c1-10-4-6-11(7-5-10)16-9-12(14)13-3-2-8-15-13/h3-7H,2,8-9H2,1H3. The van der Waals surface area contributed by atoms with Crippen LogP contribution in [-0.4, -0.2) is 18.1 Å². The second kappa shape index (κ2) is 5.21. The van der Waals surface area contributed by atoms with Crippen LogP contribution in [0.4, 0.5) is 0 Å². The summed E-state index contributed by atoms with van der Waals surface area (Å²) in [5.41, 5.74) is 1.23. The van der Waals surface area contributed by atoms with Crippen molar-refractivity contribution in [1.82, 2.24) is 0 Å². The van der Waals surface area contributed by atoms with Crippen molar-refractivity contribution in [2.24, 2.45) is 0 Å². The molecule has 2 nitrogen and oxygen atoms in total. The number of carbonyl (C=O) groups is 1. The third-order valence-electron chi connectivity index (χ3n) is 2.37. The van der Waals surface area contributed by atoms with E-state index < -0.39 is 0 Å². The van der Waals surface area contributed by atoms with Crippen LogP contribution in [0.15, 0.2) is 41.0 Å². The van der Waals surface area contributed by atoms with Crippen LogP contribution in [0.25, 0.3) is 0 Å². The van der Waals surface area contributed by atoms with Gasteiger partial charge in [0.25, 0.3) is 0 Å². The predicted octanol–water partition coefficient (Wildman–Crippen LogP) is 2.96. The minimum atomic E-state index is 0.0862. The summed E-state index contributed by atoms with van der Waals surface area (Å²) in [6.45, 7) is 2.70.